The summed E-state index contributed by atoms with van der Waals surface area (Å²) < 4.78 is 2.27. The van der Waals surface area contributed by atoms with Crippen LogP contribution in [0, 0.1) is 0 Å². The summed E-state index contributed by atoms with van der Waals surface area (Å²) in [5.74, 6) is 1.54. The van der Waals surface area contributed by atoms with Crippen LogP contribution < -0.4 is 5.32 Å². The number of rotatable bonds is 6. The third kappa shape index (κ3) is 2.99. The number of benzene rings is 1. The summed E-state index contributed by atoms with van der Waals surface area (Å²) >= 11 is 1.72. The van der Waals surface area contributed by atoms with Gasteiger partial charge in [0.25, 0.3) is 0 Å². The lowest BCUT2D eigenvalue weighted by molar-refractivity contribution is 0.578. The van der Waals surface area contributed by atoms with E-state index in [1.54, 1.807) is 11.3 Å². The highest BCUT2D eigenvalue weighted by Gasteiger charge is 2.11. The summed E-state index contributed by atoms with van der Waals surface area (Å²) in [4.78, 5) is 9.10. The van der Waals surface area contributed by atoms with Crippen LogP contribution in [-0.2, 0) is 13.1 Å². The van der Waals surface area contributed by atoms with Crippen molar-refractivity contribution in [1.82, 2.24) is 19.9 Å². The van der Waals surface area contributed by atoms with E-state index >= 15 is 0 Å². The van der Waals surface area contributed by atoms with E-state index in [2.05, 4.69) is 46.9 Å². The second-order valence-electron chi connectivity index (χ2n) is 5.16. The van der Waals surface area contributed by atoms with Crippen LogP contribution >= 0.6 is 11.3 Å². The van der Waals surface area contributed by atoms with Gasteiger partial charge >= 0.3 is 0 Å². The number of para-hydroxylation sites is 2. The van der Waals surface area contributed by atoms with Gasteiger partial charge in [-0.2, -0.15) is 0 Å². The molecule has 0 aliphatic heterocycles. The number of nitrogens with one attached hydrogen (secondary N) is 1. The number of nitrogens with zero attached hydrogens (tertiary/aromatic N) is 3. The first kappa shape index (κ1) is 14.2. The Kier molecular flexibility index (Phi) is 4.31. The van der Waals surface area contributed by atoms with Gasteiger partial charge in [-0.3, -0.25) is 0 Å². The smallest absolute Gasteiger partial charge is 0.123 e. The summed E-state index contributed by atoms with van der Waals surface area (Å²) in [6.07, 6.45) is 1.87. The molecule has 0 amide bonds. The molecule has 4 nitrogen and oxygen atoms in total. The van der Waals surface area contributed by atoms with E-state index in [1.165, 1.54) is 10.5 Å². The van der Waals surface area contributed by atoms with E-state index in [1.807, 2.05) is 17.6 Å². The predicted octanol–water partition coefficient (Wildman–Crippen LogP) is 3.41. The van der Waals surface area contributed by atoms with Crippen molar-refractivity contribution in [3.05, 3.63) is 46.7 Å². The van der Waals surface area contributed by atoms with Crippen LogP contribution in [0.15, 0.2) is 35.8 Å². The Morgan fingerprint density at radius 1 is 1.33 bits per heavy atom. The predicted molar refractivity (Wildman–Crippen MR) is 87.6 cm³/mol. The Hall–Kier alpha value is -1.72. The van der Waals surface area contributed by atoms with Crippen LogP contribution in [0.5, 0.6) is 0 Å². The van der Waals surface area contributed by atoms with E-state index in [-0.39, 0.29) is 0 Å². The zero-order chi connectivity index (χ0) is 14.7. The van der Waals surface area contributed by atoms with Gasteiger partial charge in [0.05, 0.1) is 22.6 Å². The normalized spacial score (nSPS) is 12.9. The number of imidazole rings is 1. The standard InChI is InChI=1S/C16H20N4S/c1-3-20-14-7-5-4-6-13(14)19-15(20)11-17-10-12(2)16-18-8-9-21-16/h4-9,12,17H,3,10-11H2,1-2H3. The van der Waals surface area contributed by atoms with Crippen molar-refractivity contribution in [1.29, 1.82) is 0 Å². The molecule has 2 aromatic heterocycles. The Labute approximate surface area is 128 Å². The minimum Gasteiger partial charge on any atom is -0.327 e. The summed E-state index contributed by atoms with van der Waals surface area (Å²) in [5.41, 5.74) is 2.29. The molecule has 0 spiro atoms. The molecule has 3 rings (SSSR count). The van der Waals surface area contributed by atoms with Gasteiger partial charge in [-0.1, -0.05) is 19.1 Å². The minimum atomic E-state index is 0.435. The van der Waals surface area contributed by atoms with Crippen LogP contribution in [0.2, 0.25) is 0 Å². The van der Waals surface area contributed by atoms with E-state index in [4.69, 9.17) is 4.98 Å². The quantitative estimate of drug-likeness (QED) is 0.758. The summed E-state index contributed by atoms with van der Waals surface area (Å²) in [5, 5.41) is 6.73. The van der Waals surface area contributed by atoms with Crippen LogP contribution in [0.4, 0.5) is 0 Å². The van der Waals surface area contributed by atoms with Crippen molar-refractivity contribution in [2.45, 2.75) is 32.9 Å². The van der Waals surface area contributed by atoms with Gasteiger partial charge in [0.2, 0.25) is 0 Å². The third-order valence-electron chi connectivity index (χ3n) is 3.66. The lowest BCUT2D eigenvalue weighted by atomic mass is 10.2. The maximum absolute atomic E-state index is 4.73. The van der Waals surface area contributed by atoms with Crippen LogP contribution in [0.3, 0.4) is 0 Å². The van der Waals surface area contributed by atoms with E-state index in [0.29, 0.717) is 5.92 Å². The van der Waals surface area contributed by atoms with Gasteiger partial charge in [0, 0.05) is 30.6 Å². The van der Waals surface area contributed by atoms with Gasteiger partial charge in [-0.15, -0.1) is 11.3 Å². The second kappa shape index (κ2) is 6.37. The maximum atomic E-state index is 4.73. The van der Waals surface area contributed by atoms with Crippen LogP contribution in [0.25, 0.3) is 11.0 Å². The fraction of sp³-hybridized carbons (Fsp3) is 0.375. The fourth-order valence-electron chi connectivity index (χ4n) is 2.58. The summed E-state index contributed by atoms with van der Waals surface area (Å²) in [6.45, 7) is 7.02. The average molecular weight is 300 g/mol. The number of aromatic nitrogens is 3. The molecule has 0 radical (unpaired) electrons. The topological polar surface area (TPSA) is 42.7 Å². The van der Waals surface area contributed by atoms with Crippen molar-refractivity contribution in [2.75, 3.05) is 6.54 Å². The SMILES string of the molecule is CCn1c(CNCC(C)c2nccs2)nc2ccccc21. The van der Waals surface area contributed by atoms with E-state index in [0.717, 1.165) is 31.0 Å². The number of hydrogen-bond donors (Lipinski definition) is 1. The van der Waals surface area contributed by atoms with Crippen molar-refractivity contribution in [2.24, 2.45) is 0 Å². The number of fused-ring (bicyclic) bond motifs is 1. The molecule has 5 heteroatoms. The molecule has 0 saturated carbocycles. The van der Waals surface area contributed by atoms with Gasteiger partial charge in [-0.25, -0.2) is 9.97 Å². The van der Waals surface area contributed by atoms with Crippen LogP contribution in [0.1, 0.15) is 30.6 Å². The minimum absolute atomic E-state index is 0.435. The lowest BCUT2D eigenvalue weighted by Crippen LogP contribution is -2.21. The summed E-state index contributed by atoms with van der Waals surface area (Å²) in [7, 11) is 0. The molecule has 0 aliphatic rings. The molecular formula is C16H20N4S. The molecular weight excluding hydrogens is 280 g/mol. The van der Waals surface area contributed by atoms with Crippen molar-refractivity contribution in [3.8, 4) is 0 Å². The molecule has 21 heavy (non-hydrogen) atoms. The highest BCUT2D eigenvalue weighted by molar-refractivity contribution is 7.09. The van der Waals surface area contributed by atoms with E-state index < -0.39 is 0 Å². The molecule has 1 atom stereocenters. The van der Waals surface area contributed by atoms with Gasteiger partial charge in [0.1, 0.15) is 5.82 Å². The van der Waals surface area contributed by atoms with Crippen molar-refractivity contribution in [3.63, 3.8) is 0 Å². The molecule has 0 bridgehead atoms. The molecule has 1 aromatic carbocycles. The Balaban J connectivity index is 1.68. The molecule has 0 fully saturated rings. The van der Waals surface area contributed by atoms with Gasteiger partial charge < -0.3 is 9.88 Å². The largest absolute Gasteiger partial charge is 0.327 e. The third-order valence-corrected chi connectivity index (χ3v) is 4.66. The highest BCUT2D eigenvalue weighted by atomic mass is 32.1. The monoisotopic (exact) mass is 300 g/mol. The lowest BCUT2D eigenvalue weighted by Gasteiger charge is -2.11. The van der Waals surface area contributed by atoms with Gasteiger partial charge in [-0.05, 0) is 19.1 Å². The zero-order valence-electron chi connectivity index (χ0n) is 12.4. The number of aryl methyl sites for hydroxylation is 1. The first-order valence-electron chi connectivity index (χ1n) is 7.34. The van der Waals surface area contributed by atoms with E-state index in [9.17, 15) is 0 Å². The highest BCUT2D eigenvalue weighted by Crippen LogP contribution is 2.18. The fourth-order valence-corrected chi connectivity index (χ4v) is 3.28. The first-order valence-corrected chi connectivity index (χ1v) is 8.21. The Morgan fingerprint density at radius 2 is 2.19 bits per heavy atom. The van der Waals surface area contributed by atoms with Crippen LogP contribution in [-0.4, -0.2) is 21.1 Å². The molecule has 0 saturated heterocycles. The average Bonchev–Trinajstić information content (AvgIpc) is 3.14. The molecule has 1 N–H and O–H groups in total. The molecule has 0 aliphatic carbocycles. The Bertz CT molecular complexity index is 702. The Morgan fingerprint density at radius 3 is 2.95 bits per heavy atom. The first-order chi connectivity index (χ1) is 10.3. The molecule has 1 unspecified atom stereocenters. The number of thiazole rings is 1. The maximum Gasteiger partial charge on any atom is 0.123 e. The molecule has 2 heterocycles. The second-order valence-corrected chi connectivity index (χ2v) is 6.09. The van der Waals surface area contributed by atoms with Crippen molar-refractivity contribution < 1.29 is 0 Å². The molecule has 3 aromatic rings. The molecule has 110 valence electrons. The summed E-state index contributed by atoms with van der Waals surface area (Å²) in [6, 6.07) is 8.31. The zero-order valence-corrected chi connectivity index (χ0v) is 13.2. The van der Waals surface area contributed by atoms with Gasteiger partial charge in [0.15, 0.2) is 0 Å². The number of hydrogen-bond acceptors (Lipinski definition) is 4. The van der Waals surface area contributed by atoms with Crippen molar-refractivity contribution >= 4 is 22.4 Å².